The van der Waals surface area contributed by atoms with Gasteiger partial charge in [0, 0.05) is 23.0 Å². The molecule has 8 heteroatoms. The number of hydrogen-bond donors (Lipinski definition) is 2. The van der Waals surface area contributed by atoms with Crippen LogP contribution in [0.15, 0.2) is 36.4 Å². The second-order valence-corrected chi connectivity index (χ2v) is 10.7. The number of aromatic carboxylic acids is 2. The van der Waals surface area contributed by atoms with Gasteiger partial charge in [-0.1, -0.05) is 55.3 Å². The van der Waals surface area contributed by atoms with Gasteiger partial charge in [0.15, 0.2) is 0 Å². The van der Waals surface area contributed by atoms with Crippen molar-refractivity contribution in [3.63, 3.8) is 0 Å². The Morgan fingerprint density at radius 2 is 0.846 bits per heavy atom. The predicted octanol–water partition coefficient (Wildman–Crippen LogP) is 5.56. The Kier molecular flexibility index (Phi) is 6.86. The number of carbonyl (C=O) groups is 2. The maximum Gasteiger partial charge on any atom is 0.335 e. The molecular formula is C18H16O4S4. The molecule has 2 N–H and O–H groups in total. The van der Waals surface area contributed by atoms with Crippen molar-refractivity contribution in [3.8, 4) is 0 Å². The average molecular weight is 425 g/mol. The fraction of sp³-hybridized carbons (Fsp3) is 0.222. The molecule has 0 aliphatic carbocycles. The van der Waals surface area contributed by atoms with Crippen molar-refractivity contribution in [2.45, 2.75) is 23.0 Å². The first-order valence-corrected chi connectivity index (χ1v) is 12.7. The van der Waals surface area contributed by atoms with E-state index in [4.69, 9.17) is 0 Å². The summed E-state index contributed by atoms with van der Waals surface area (Å²) in [6.45, 7) is 0. The van der Waals surface area contributed by atoms with E-state index >= 15 is 0 Å². The molecule has 136 valence electrons. The molecule has 0 amide bonds. The Bertz CT molecular complexity index is 720. The Labute approximate surface area is 167 Å². The second-order valence-electron chi connectivity index (χ2n) is 5.74. The van der Waals surface area contributed by atoms with Crippen molar-refractivity contribution < 1.29 is 19.8 Å². The summed E-state index contributed by atoms with van der Waals surface area (Å²) in [6, 6.07) is 11.1. The number of carboxylic acids is 2. The molecule has 4 nitrogen and oxygen atoms in total. The molecule has 2 aromatic carbocycles. The highest BCUT2D eigenvalue weighted by Crippen LogP contribution is 2.35. The molecule has 26 heavy (non-hydrogen) atoms. The lowest BCUT2D eigenvalue weighted by atomic mass is 10.1. The van der Waals surface area contributed by atoms with Crippen molar-refractivity contribution in [1.29, 1.82) is 0 Å². The summed E-state index contributed by atoms with van der Waals surface area (Å²) in [5.41, 5.74) is 4.66. The van der Waals surface area contributed by atoms with Gasteiger partial charge in [-0.2, -0.15) is 0 Å². The van der Waals surface area contributed by atoms with Crippen molar-refractivity contribution in [2.24, 2.45) is 0 Å². The van der Waals surface area contributed by atoms with Gasteiger partial charge in [0.2, 0.25) is 0 Å². The highest BCUT2D eigenvalue weighted by Gasteiger charge is 2.11. The van der Waals surface area contributed by atoms with Crippen LogP contribution in [0.3, 0.4) is 0 Å². The van der Waals surface area contributed by atoms with E-state index in [1.165, 1.54) is 0 Å². The molecule has 0 radical (unpaired) electrons. The van der Waals surface area contributed by atoms with Crippen LogP contribution in [0.1, 0.15) is 43.0 Å². The number of benzene rings is 2. The predicted molar refractivity (Wildman–Crippen MR) is 112 cm³/mol. The molecule has 2 aromatic rings. The summed E-state index contributed by atoms with van der Waals surface area (Å²) in [4.78, 5) is 22.7. The van der Waals surface area contributed by atoms with Crippen LogP contribution in [0.5, 0.6) is 0 Å². The quantitative estimate of drug-likeness (QED) is 0.607. The zero-order valence-electron chi connectivity index (χ0n) is 13.6. The minimum atomic E-state index is -0.902. The average Bonchev–Trinajstić information content (AvgIpc) is 2.61. The van der Waals surface area contributed by atoms with Crippen molar-refractivity contribution in [3.05, 3.63) is 69.8 Å². The van der Waals surface area contributed by atoms with Crippen LogP contribution in [-0.4, -0.2) is 22.2 Å². The van der Waals surface area contributed by atoms with Gasteiger partial charge in [0.1, 0.15) is 0 Å². The zero-order chi connectivity index (χ0) is 18.5. The maximum atomic E-state index is 11.3. The molecule has 3 rings (SSSR count). The van der Waals surface area contributed by atoms with Crippen LogP contribution < -0.4 is 0 Å². The van der Waals surface area contributed by atoms with Gasteiger partial charge in [-0.05, 0) is 46.5 Å². The van der Waals surface area contributed by atoms with Gasteiger partial charge in [0.05, 0.1) is 11.1 Å². The van der Waals surface area contributed by atoms with Gasteiger partial charge in [-0.25, -0.2) is 9.59 Å². The normalized spacial score (nSPS) is 15.1. The zero-order valence-corrected chi connectivity index (χ0v) is 16.9. The summed E-state index contributed by atoms with van der Waals surface area (Å²) in [6.07, 6.45) is 0. The fourth-order valence-electron chi connectivity index (χ4n) is 2.54. The Hall–Kier alpha value is -1.22. The number of hydrogen-bond acceptors (Lipinski definition) is 6. The molecular weight excluding hydrogens is 408 g/mol. The third kappa shape index (κ3) is 5.39. The molecule has 0 spiro atoms. The van der Waals surface area contributed by atoms with Gasteiger partial charge in [-0.15, -0.1) is 0 Å². The highest BCUT2D eigenvalue weighted by atomic mass is 33.1. The van der Waals surface area contributed by atoms with Crippen LogP contribution in [0.25, 0.3) is 0 Å². The third-order valence-electron chi connectivity index (χ3n) is 3.67. The van der Waals surface area contributed by atoms with Crippen molar-refractivity contribution in [1.82, 2.24) is 0 Å². The standard InChI is InChI=1S/C18H16O4S4/c19-17(20)15-3-11-1-12(4-15)8-24-26-10-14-2-13(9-25-23-7-11)5-16(6-14)18(21)22/h1-6H,7-10H2,(H,19,20)(H,21,22). The summed E-state index contributed by atoms with van der Waals surface area (Å²) >= 11 is 0. The second kappa shape index (κ2) is 9.12. The fourth-order valence-corrected chi connectivity index (χ4v) is 6.72. The first-order chi connectivity index (χ1) is 12.5. The van der Waals surface area contributed by atoms with Crippen LogP contribution in [-0.2, 0) is 23.0 Å². The lowest BCUT2D eigenvalue weighted by Gasteiger charge is -2.11. The van der Waals surface area contributed by atoms with Gasteiger partial charge >= 0.3 is 11.9 Å². The van der Waals surface area contributed by atoms with E-state index in [0.717, 1.165) is 22.3 Å². The number of carboxylic acid groups (broad SMARTS) is 2. The van der Waals surface area contributed by atoms with E-state index < -0.39 is 11.9 Å². The van der Waals surface area contributed by atoms with E-state index in [-0.39, 0.29) is 0 Å². The molecule has 1 aliphatic rings. The summed E-state index contributed by atoms with van der Waals surface area (Å²) in [7, 11) is 6.60. The summed E-state index contributed by atoms with van der Waals surface area (Å²) < 4.78 is 0. The van der Waals surface area contributed by atoms with E-state index in [1.807, 2.05) is 0 Å². The monoisotopic (exact) mass is 424 g/mol. The lowest BCUT2D eigenvalue weighted by Crippen LogP contribution is -2.00. The molecule has 0 unspecified atom stereocenters. The van der Waals surface area contributed by atoms with E-state index in [2.05, 4.69) is 12.1 Å². The largest absolute Gasteiger partial charge is 0.478 e. The van der Waals surface area contributed by atoms with Gasteiger partial charge in [-0.3, -0.25) is 0 Å². The molecule has 1 heterocycles. The SMILES string of the molecule is O=C(O)c1cc2cc(c1)CSSCc1cc(cc(C(=O)O)c1)CSSC2. The molecule has 4 bridgehead atoms. The first kappa shape index (κ1) is 19.5. The molecule has 0 saturated carbocycles. The summed E-state index contributed by atoms with van der Waals surface area (Å²) in [5, 5.41) is 18.6. The minimum absolute atomic E-state index is 0.331. The third-order valence-corrected chi connectivity index (χ3v) is 8.22. The number of rotatable bonds is 2. The number of fused-ring (bicyclic) bond motifs is 4. The molecule has 0 saturated heterocycles. The highest BCUT2D eigenvalue weighted by molar-refractivity contribution is 8.76. The summed E-state index contributed by atoms with van der Waals surface area (Å²) in [5.74, 6) is 1.04. The Balaban J connectivity index is 1.82. The van der Waals surface area contributed by atoms with Gasteiger partial charge in [0.25, 0.3) is 0 Å². The van der Waals surface area contributed by atoms with Crippen LogP contribution in [0.2, 0.25) is 0 Å². The van der Waals surface area contributed by atoms with Crippen LogP contribution >= 0.6 is 43.2 Å². The lowest BCUT2D eigenvalue weighted by molar-refractivity contribution is 0.0686. The Morgan fingerprint density at radius 3 is 1.08 bits per heavy atom. The van der Waals surface area contributed by atoms with Crippen LogP contribution in [0, 0.1) is 0 Å². The van der Waals surface area contributed by atoms with Crippen molar-refractivity contribution >= 4 is 55.1 Å². The van der Waals surface area contributed by atoms with E-state index in [9.17, 15) is 19.8 Å². The minimum Gasteiger partial charge on any atom is -0.478 e. The van der Waals surface area contributed by atoms with E-state index in [1.54, 1.807) is 67.4 Å². The molecule has 1 aliphatic heterocycles. The molecule has 0 atom stereocenters. The topological polar surface area (TPSA) is 74.6 Å². The first-order valence-electron chi connectivity index (χ1n) is 7.72. The van der Waals surface area contributed by atoms with Gasteiger partial charge < -0.3 is 10.2 Å². The van der Waals surface area contributed by atoms with Crippen LogP contribution in [0.4, 0.5) is 0 Å². The maximum absolute atomic E-state index is 11.3. The Morgan fingerprint density at radius 1 is 0.577 bits per heavy atom. The van der Waals surface area contributed by atoms with E-state index in [0.29, 0.717) is 34.1 Å². The van der Waals surface area contributed by atoms with Crippen molar-refractivity contribution in [2.75, 3.05) is 0 Å². The smallest absolute Gasteiger partial charge is 0.335 e. The molecule has 0 aromatic heterocycles. The molecule has 0 fully saturated rings.